The van der Waals surface area contributed by atoms with Crippen molar-refractivity contribution < 1.29 is 27.5 Å². The van der Waals surface area contributed by atoms with Gasteiger partial charge in [-0.25, -0.2) is 4.39 Å². The molecule has 21 heavy (non-hydrogen) atoms. The molecule has 116 valence electrons. The lowest BCUT2D eigenvalue weighted by Gasteiger charge is -2.18. The average Bonchev–Trinajstić information content (AvgIpc) is 2.70. The molecule has 3 nitrogen and oxygen atoms in total. The van der Waals surface area contributed by atoms with E-state index in [4.69, 9.17) is 11.6 Å². The van der Waals surface area contributed by atoms with Gasteiger partial charge in [-0.3, -0.25) is 9.69 Å². The number of benzene rings is 1. The van der Waals surface area contributed by atoms with E-state index in [9.17, 15) is 27.5 Å². The van der Waals surface area contributed by atoms with Crippen molar-refractivity contribution >= 4 is 17.6 Å². The predicted molar refractivity (Wildman–Crippen MR) is 67.8 cm³/mol. The molecule has 2 rings (SSSR count). The highest BCUT2D eigenvalue weighted by atomic mass is 35.5. The van der Waals surface area contributed by atoms with Crippen LogP contribution in [0.3, 0.4) is 0 Å². The van der Waals surface area contributed by atoms with Gasteiger partial charge in [0.25, 0.3) is 0 Å². The minimum absolute atomic E-state index is 0.0279. The number of carboxylic acid groups (broad SMARTS) is 1. The third kappa shape index (κ3) is 3.85. The number of alkyl halides is 3. The Balaban J connectivity index is 2.26. The third-order valence-electron chi connectivity index (χ3n) is 3.48. The van der Waals surface area contributed by atoms with Gasteiger partial charge in [-0.1, -0.05) is 17.7 Å². The van der Waals surface area contributed by atoms with E-state index in [2.05, 4.69) is 0 Å². The number of hydrogen-bond acceptors (Lipinski definition) is 2. The Labute approximate surface area is 123 Å². The minimum Gasteiger partial charge on any atom is -0.481 e. The van der Waals surface area contributed by atoms with Gasteiger partial charge in [0.15, 0.2) is 0 Å². The maximum Gasteiger partial charge on any atom is 0.401 e. The molecule has 0 radical (unpaired) electrons. The van der Waals surface area contributed by atoms with Gasteiger partial charge >= 0.3 is 12.1 Å². The highest BCUT2D eigenvalue weighted by molar-refractivity contribution is 6.31. The zero-order valence-electron chi connectivity index (χ0n) is 10.7. The number of halogens is 5. The lowest BCUT2D eigenvalue weighted by atomic mass is 9.89. The fraction of sp³-hybridized carbons (Fsp3) is 0.462. The van der Waals surface area contributed by atoms with Crippen LogP contribution in [0.5, 0.6) is 0 Å². The first-order valence-electron chi connectivity index (χ1n) is 6.14. The van der Waals surface area contributed by atoms with E-state index in [1.807, 2.05) is 0 Å². The Hall–Kier alpha value is -1.34. The van der Waals surface area contributed by atoms with Crippen molar-refractivity contribution in [2.24, 2.45) is 5.92 Å². The number of carboxylic acids is 1. The Kier molecular flexibility index (Phi) is 4.43. The summed E-state index contributed by atoms with van der Waals surface area (Å²) in [4.78, 5) is 12.3. The van der Waals surface area contributed by atoms with Crippen LogP contribution in [-0.4, -0.2) is 41.8 Å². The topological polar surface area (TPSA) is 40.5 Å². The number of rotatable bonds is 3. The zero-order chi connectivity index (χ0) is 15.8. The summed E-state index contributed by atoms with van der Waals surface area (Å²) in [5.74, 6) is -3.47. The summed E-state index contributed by atoms with van der Waals surface area (Å²) < 4.78 is 50.3. The Morgan fingerprint density at radius 3 is 2.57 bits per heavy atom. The van der Waals surface area contributed by atoms with Gasteiger partial charge < -0.3 is 5.11 Å². The maximum atomic E-state index is 13.0. The van der Waals surface area contributed by atoms with Crippen LogP contribution in [0.2, 0.25) is 5.02 Å². The van der Waals surface area contributed by atoms with Gasteiger partial charge in [0.05, 0.1) is 12.5 Å². The van der Waals surface area contributed by atoms with Gasteiger partial charge in [0.2, 0.25) is 0 Å². The third-order valence-corrected chi connectivity index (χ3v) is 3.80. The molecule has 1 aromatic rings. The highest BCUT2D eigenvalue weighted by Gasteiger charge is 2.43. The SMILES string of the molecule is O=C(O)C1CN(CC(F)(F)F)CC1c1ccc(F)cc1Cl. The van der Waals surface area contributed by atoms with Crippen molar-refractivity contribution in [2.45, 2.75) is 12.1 Å². The quantitative estimate of drug-likeness (QED) is 0.868. The zero-order valence-corrected chi connectivity index (χ0v) is 11.5. The molecule has 1 heterocycles. The number of carbonyl (C=O) groups is 1. The Morgan fingerprint density at radius 1 is 1.38 bits per heavy atom. The van der Waals surface area contributed by atoms with Crippen molar-refractivity contribution in [1.29, 1.82) is 0 Å². The molecule has 1 saturated heterocycles. The monoisotopic (exact) mass is 325 g/mol. The molecule has 0 spiro atoms. The molecule has 1 aromatic carbocycles. The molecule has 8 heteroatoms. The first kappa shape index (κ1) is 16.0. The normalized spacial score (nSPS) is 23.5. The van der Waals surface area contributed by atoms with Crippen LogP contribution in [0.4, 0.5) is 17.6 Å². The molecule has 0 bridgehead atoms. The summed E-state index contributed by atoms with van der Waals surface area (Å²) in [7, 11) is 0. The van der Waals surface area contributed by atoms with E-state index in [1.54, 1.807) is 0 Å². The van der Waals surface area contributed by atoms with E-state index < -0.39 is 36.3 Å². The van der Waals surface area contributed by atoms with E-state index in [1.165, 1.54) is 6.07 Å². The second-order valence-electron chi connectivity index (χ2n) is 5.03. The van der Waals surface area contributed by atoms with Gasteiger partial charge in [-0.15, -0.1) is 0 Å². The van der Waals surface area contributed by atoms with Crippen LogP contribution < -0.4 is 0 Å². The molecule has 2 atom stereocenters. The smallest absolute Gasteiger partial charge is 0.401 e. The van der Waals surface area contributed by atoms with Gasteiger partial charge in [-0.2, -0.15) is 13.2 Å². The number of hydrogen-bond donors (Lipinski definition) is 1. The van der Waals surface area contributed by atoms with E-state index in [0.717, 1.165) is 17.0 Å². The van der Waals surface area contributed by atoms with Crippen molar-refractivity contribution in [3.8, 4) is 0 Å². The largest absolute Gasteiger partial charge is 0.481 e. The second kappa shape index (κ2) is 5.81. The molecule has 1 aliphatic rings. The van der Waals surface area contributed by atoms with Crippen LogP contribution in [0.15, 0.2) is 18.2 Å². The van der Waals surface area contributed by atoms with Crippen molar-refractivity contribution in [3.05, 3.63) is 34.6 Å². The number of likely N-dealkylation sites (tertiary alicyclic amines) is 1. The van der Waals surface area contributed by atoms with Gasteiger partial charge in [-0.05, 0) is 17.7 Å². The molecule has 0 aromatic heterocycles. The Bertz CT molecular complexity index is 549. The van der Waals surface area contributed by atoms with E-state index in [-0.39, 0.29) is 18.1 Å². The summed E-state index contributed by atoms with van der Waals surface area (Å²) in [6.07, 6.45) is -4.40. The predicted octanol–water partition coefficient (Wildman–Crippen LogP) is 3.14. The summed E-state index contributed by atoms with van der Waals surface area (Å²) in [5, 5.41) is 9.21. The van der Waals surface area contributed by atoms with Gasteiger partial charge in [0.1, 0.15) is 5.82 Å². The number of nitrogens with zero attached hydrogens (tertiary/aromatic N) is 1. The second-order valence-corrected chi connectivity index (χ2v) is 5.43. The highest BCUT2D eigenvalue weighted by Crippen LogP contribution is 2.37. The van der Waals surface area contributed by atoms with Crippen LogP contribution in [0.25, 0.3) is 0 Å². The number of aliphatic carboxylic acids is 1. The van der Waals surface area contributed by atoms with Crippen LogP contribution in [-0.2, 0) is 4.79 Å². The fourth-order valence-corrected chi connectivity index (χ4v) is 2.94. The molecule has 1 N–H and O–H groups in total. The fourth-order valence-electron chi connectivity index (χ4n) is 2.64. The molecule has 0 amide bonds. The molecular formula is C13H12ClF4NO2. The van der Waals surface area contributed by atoms with E-state index >= 15 is 0 Å². The maximum absolute atomic E-state index is 13.0. The summed E-state index contributed by atoms with van der Waals surface area (Å²) in [5.41, 5.74) is 0.357. The molecule has 1 aliphatic heterocycles. The van der Waals surface area contributed by atoms with Crippen molar-refractivity contribution in [2.75, 3.05) is 19.6 Å². The lowest BCUT2D eigenvalue weighted by molar-refractivity contribution is -0.147. The molecule has 0 saturated carbocycles. The molecular weight excluding hydrogens is 314 g/mol. The summed E-state index contributed by atoms with van der Waals surface area (Å²) in [6, 6.07) is 3.48. The standard InChI is InChI=1S/C13H12ClF4NO2/c14-11-3-7(15)1-2-8(11)9-4-19(6-13(16,17)18)5-10(9)12(20)21/h1-3,9-10H,4-6H2,(H,20,21). The lowest BCUT2D eigenvalue weighted by Crippen LogP contribution is -2.33. The van der Waals surface area contributed by atoms with Crippen LogP contribution in [0.1, 0.15) is 11.5 Å². The molecule has 2 unspecified atom stereocenters. The minimum atomic E-state index is -4.40. The molecule has 1 fully saturated rings. The first-order chi connectivity index (χ1) is 9.67. The van der Waals surface area contributed by atoms with E-state index in [0.29, 0.717) is 5.56 Å². The Morgan fingerprint density at radius 2 is 2.05 bits per heavy atom. The van der Waals surface area contributed by atoms with Gasteiger partial charge in [0, 0.05) is 24.0 Å². The summed E-state index contributed by atoms with van der Waals surface area (Å²) >= 11 is 5.89. The average molecular weight is 326 g/mol. The van der Waals surface area contributed by atoms with Crippen molar-refractivity contribution in [3.63, 3.8) is 0 Å². The van der Waals surface area contributed by atoms with Crippen LogP contribution in [0, 0.1) is 11.7 Å². The summed E-state index contributed by atoms with van der Waals surface area (Å²) in [6.45, 7) is -1.47. The van der Waals surface area contributed by atoms with Crippen molar-refractivity contribution in [1.82, 2.24) is 4.90 Å². The molecule has 0 aliphatic carbocycles. The van der Waals surface area contributed by atoms with Crippen LogP contribution >= 0.6 is 11.6 Å². The first-order valence-corrected chi connectivity index (χ1v) is 6.52.